The van der Waals surface area contributed by atoms with Crippen LogP contribution in [0, 0.1) is 5.92 Å². The molecule has 0 spiro atoms. The van der Waals surface area contributed by atoms with Crippen molar-refractivity contribution in [2.45, 2.75) is 32.9 Å². The third-order valence-corrected chi connectivity index (χ3v) is 2.90. The molecule has 2 unspecified atom stereocenters. The first-order valence-electron chi connectivity index (χ1n) is 5.87. The van der Waals surface area contributed by atoms with Gasteiger partial charge in [0.05, 0.1) is 12.6 Å². The Morgan fingerprint density at radius 3 is 2.53 bits per heavy atom. The Labute approximate surface area is 118 Å². The minimum absolute atomic E-state index is 0. The third-order valence-electron chi connectivity index (χ3n) is 2.90. The normalized spacial score (nSPS) is 13.2. The molecule has 0 aliphatic carbocycles. The molecule has 0 bridgehead atoms. The molecule has 5 N–H and O–H groups in total. The standard InChI is InChI=1S/C12H19N3O3.ClH/c1-3-7(2)10(13)12(17)15-6-8-4-5-9(18-8)11(14)16;/h4-5,7,10H,3,6,13H2,1-2H3,(H2,14,16)(H,15,17);1H. The zero-order valence-corrected chi connectivity index (χ0v) is 11.8. The second-order valence-corrected chi connectivity index (χ2v) is 4.26. The number of hydrogen-bond donors (Lipinski definition) is 3. The fraction of sp³-hybridized carbons (Fsp3) is 0.500. The smallest absolute Gasteiger partial charge is 0.284 e. The number of hydrogen-bond acceptors (Lipinski definition) is 4. The van der Waals surface area contributed by atoms with Gasteiger partial charge in [0.15, 0.2) is 5.76 Å². The molecule has 0 saturated carbocycles. The summed E-state index contributed by atoms with van der Waals surface area (Å²) in [5.41, 5.74) is 10.8. The third kappa shape index (κ3) is 4.92. The molecule has 0 saturated heterocycles. The second kappa shape index (κ2) is 7.81. The van der Waals surface area contributed by atoms with Crippen molar-refractivity contribution in [3.63, 3.8) is 0 Å². The predicted octanol–water partition coefficient (Wildman–Crippen LogP) is 0.790. The molecule has 0 aliphatic rings. The summed E-state index contributed by atoms with van der Waals surface area (Å²) in [6.45, 7) is 4.09. The number of amides is 2. The molecule has 6 nitrogen and oxygen atoms in total. The summed E-state index contributed by atoms with van der Waals surface area (Å²) in [5, 5.41) is 2.66. The monoisotopic (exact) mass is 289 g/mol. The highest BCUT2D eigenvalue weighted by molar-refractivity contribution is 5.89. The van der Waals surface area contributed by atoms with Crippen LogP contribution in [0.2, 0.25) is 0 Å². The van der Waals surface area contributed by atoms with Crippen LogP contribution in [0.25, 0.3) is 0 Å². The lowest BCUT2D eigenvalue weighted by molar-refractivity contribution is -0.123. The van der Waals surface area contributed by atoms with Gasteiger partial charge in [-0.05, 0) is 18.1 Å². The lowest BCUT2D eigenvalue weighted by Gasteiger charge is -2.17. The van der Waals surface area contributed by atoms with Crippen molar-refractivity contribution < 1.29 is 14.0 Å². The van der Waals surface area contributed by atoms with Crippen LogP contribution in [0.5, 0.6) is 0 Å². The molecule has 0 radical (unpaired) electrons. The van der Waals surface area contributed by atoms with Crippen molar-refractivity contribution in [1.29, 1.82) is 0 Å². The Kier molecular flexibility index (Phi) is 7.18. The van der Waals surface area contributed by atoms with Crippen LogP contribution in [0.15, 0.2) is 16.5 Å². The molecular weight excluding hydrogens is 270 g/mol. The molecule has 7 heteroatoms. The highest BCUT2D eigenvalue weighted by atomic mass is 35.5. The van der Waals surface area contributed by atoms with Gasteiger partial charge in [0.1, 0.15) is 5.76 Å². The quantitative estimate of drug-likeness (QED) is 0.719. The average molecular weight is 290 g/mol. The molecule has 2 amide bonds. The first-order valence-corrected chi connectivity index (χ1v) is 5.87. The lowest BCUT2D eigenvalue weighted by atomic mass is 9.99. The van der Waals surface area contributed by atoms with Gasteiger partial charge in [-0.25, -0.2) is 0 Å². The molecule has 0 fully saturated rings. The maximum Gasteiger partial charge on any atom is 0.284 e. The molecular formula is C12H20ClN3O3. The maximum absolute atomic E-state index is 11.7. The summed E-state index contributed by atoms with van der Waals surface area (Å²) in [4.78, 5) is 22.5. The van der Waals surface area contributed by atoms with Crippen LogP contribution >= 0.6 is 12.4 Å². The molecule has 1 heterocycles. The molecule has 1 aromatic rings. The van der Waals surface area contributed by atoms with Crippen LogP contribution in [-0.2, 0) is 11.3 Å². The number of rotatable bonds is 6. The number of halogens is 1. The van der Waals surface area contributed by atoms with Gasteiger partial charge in [0, 0.05) is 0 Å². The van der Waals surface area contributed by atoms with E-state index in [0.29, 0.717) is 5.76 Å². The van der Waals surface area contributed by atoms with E-state index in [0.717, 1.165) is 6.42 Å². The van der Waals surface area contributed by atoms with Gasteiger partial charge in [0.2, 0.25) is 5.91 Å². The molecule has 1 aromatic heterocycles. The Balaban J connectivity index is 0.00000324. The summed E-state index contributed by atoms with van der Waals surface area (Å²) in [7, 11) is 0. The minimum atomic E-state index is -0.635. The first kappa shape index (κ1) is 17.5. The van der Waals surface area contributed by atoms with Gasteiger partial charge in [-0.1, -0.05) is 20.3 Å². The van der Waals surface area contributed by atoms with E-state index in [2.05, 4.69) is 5.32 Å². The highest BCUT2D eigenvalue weighted by Gasteiger charge is 2.19. The summed E-state index contributed by atoms with van der Waals surface area (Å²) in [6.07, 6.45) is 0.834. The fourth-order valence-corrected chi connectivity index (χ4v) is 1.41. The van der Waals surface area contributed by atoms with Crippen LogP contribution in [-0.4, -0.2) is 17.9 Å². The Morgan fingerprint density at radius 2 is 2.05 bits per heavy atom. The largest absolute Gasteiger partial charge is 0.454 e. The van der Waals surface area contributed by atoms with Gasteiger partial charge in [-0.3, -0.25) is 9.59 Å². The number of nitrogens with one attached hydrogen (secondary N) is 1. The van der Waals surface area contributed by atoms with E-state index >= 15 is 0 Å². The summed E-state index contributed by atoms with van der Waals surface area (Å²) in [5.74, 6) is -0.216. The molecule has 0 aromatic carbocycles. The number of furan rings is 1. The minimum Gasteiger partial charge on any atom is -0.454 e. The van der Waals surface area contributed by atoms with E-state index in [9.17, 15) is 9.59 Å². The van der Waals surface area contributed by atoms with Crippen LogP contribution in [0.1, 0.15) is 36.6 Å². The van der Waals surface area contributed by atoms with E-state index in [1.165, 1.54) is 6.07 Å². The van der Waals surface area contributed by atoms with Crippen molar-refractivity contribution in [2.24, 2.45) is 17.4 Å². The van der Waals surface area contributed by atoms with E-state index < -0.39 is 11.9 Å². The Bertz CT molecular complexity index is 434. The molecule has 19 heavy (non-hydrogen) atoms. The van der Waals surface area contributed by atoms with Crippen molar-refractivity contribution in [2.75, 3.05) is 0 Å². The zero-order valence-electron chi connectivity index (χ0n) is 11.0. The van der Waals surface area contributed by atoms with Crippen molar-refractivity contribution in [3.8, 4) is 0 Å². The number of primary amides is 1. The van der Waals surface area contributed by atoms with Crippen molar-refractivity contribution >= 4 is 24.2 Å². The summed E-state index contributed by atoms with van der Waals surface area (Å²) >= 11 is 0. The van der Waals surface area contributed by atoms with E-state index in [1.54, 1.807) is 6.07 Å². The van der Waals surface area contributed by atoms with E-state index in [1.807, 2.05) is 13.8 Å². The van der Waals surface area contributed by atoms with Gasteiger partial charge in [0.25, 0.3) is 5.91 Å². The molecule has 108 valence electrons. The summed E-state index contributed by atoms with van der Waals surface area (Å²) in [6, 6.07) is 2.52. The topological polar surface area (TPSA) is 111 Å². The van der Waals surface area contributed by atoms with Gasteiger partial charge in [-0.2, -0.15) is 0 Å². The summed E-state index contributed by atoms with van der Waals surface area (Å²) < 4.78 is 5.13. The van der Waals surface area contributed by atoms with Crippen molar-refractivity contribution in [3.05, 3.63) is 23.7 Å². The molecule has 0 aliphatic heterocycles. The first-order chi connectivity index (χ1) is 8.45. The van der Waals surface area contributed by atoms with Crippen LogP contribution in [0.4, 0.5) is 0 Å². The van der Waals surface area contributed by atoms with E-state index in [-0.39, 0.29) is 36.5 Å². The zero-order chi connectivity index (χ0) is 13.7. The maximum atomic E-state index is 11.7. The highest BCUT2D eigenvalue weighted by Crippen LogP contribution is 2.08. The Morgan fingerprint density at radius 1 is 1.42 bits per heavy atom. The lowest BCUT2D eigenvalue weighted by Crippen LogP contribution is -2.44. The number of carbonyl (C=O) groups is 2. The van der Waals surface area contributed by atoms with Crippen molar-refractivity contribution in [1.82, 2.24) is 5.32 Å². The van der Waals surface area contributed by atoms with Gasteiger partial charge >= 0.3 is 0 Å². The number of carbonyl (C=O) groups excluding carboxylic acids is 2. The van der Waals surface area contributed by atoms with Gasteiger partial charge < -0.3 is 21.2 Å². The predicted molar refractivity (Wildman–Crippen MR) is 73.8 cm³/mol. The SMILES string of the molecule is CCC(C)C(N)C(=O)NCc1ccc(C(N)=O)o1.Cl. The van der Waals surface area contributed by atoms with Crippen LogP contribution in [0.3, 0.4) is 0 Å². The fourth-order valence-electron chi connectivity index (χ4n) is 1.41. The second-order valence-electron chi connectivity index (χ2n) is 4.26. The van der Waals surface area contributed by atoms with Gasteiger partial charge in [-0.15, -0.1) is 12.4 Å². The Hall–Kier alpha value is -1.53. The molecule has 1 rings (SSSR count). The average Bonchev–Trinajstić information content (AvgIpc) is 2.82. The molecule has 2 atom stereocenters. The van der Waals surface area contributed by atoms with Crippen LogP contribution < -0.4 is 16.8 Å². The number of nitrogens with two attached hydrogens (primary N) is 2. The van der Waals surface area contributed by atoms with E-state index in [4.69, 9.17) is 15.9 Å².